The van der Waals surface area contributed by atoms with E-state index in [2.05, 4.69) is 5.32 Å². The van der Waals surface area contributed by atoms with Crippen molar-refractivity contribution in [3.63, 3.8) is 0 Å². The number of nitrogens with zero attached hydrogens (tertiary/aromatic N) is 2. The summed E-state index contributed by atoms with van der Waals surface area (Å²) in [5.41, 5.74) is 1.64. The van der Waals surface area contributed by atoms with Gasteiger partial charge in [-0.1, -0.05) is 0 Å². The zero-order chi connectivity index (χ0) is 21.6. The molecule has 0 spiro atoms. The largest absolute Gasteiger partial charge is 0.344 e. The van der Waals surface area contributed by atoms with Gasteiger partial charge in [-0.05, 0) is 92.4 Å². The van der Waals surface area contributed by atoms with Crippen LogP contribution in [0.1, 0.15) is 61.7 Å². The maximum Gasteiger partial charge on any atom is 0.251 e. The van der Waals surface area contributed by atoms with E-state index in [1.807, 2.05) is 11.9 Å². The summed E-state index contributed by atoms with van der Waals surface area (Å²) in [5, 5.41) is 2.77. The van der Waals surface area contributed by atoms with Crippen LogP contribution >= 0.6 is 0 Å². The maximum absolute atomic E-state index is 12.7. The number of rotatable bonds is 6. The molecule has 1 saturated heterocycles. The van der Waals surface area contributed by atoms with E-state index in [1.54, 1.807) is 29.2 Å². The van der Waals surface area contributed by atoms with Crippen LogP contribution in [0.15, 0.2) is 24.3 Å². The molecule has 5 fully saturated rings. The summed E-state index contributed by atoms with van der Waals surface area (Å²) in [6.45, 7) is 1.58. The van der Waals surface area contributed by atoms with Crippen molar-refractivity contribution in [2.75, 3.05) is 31.6 Å². The van der Waals surface area contributed by atoms with Crippen LogP contribution in [0, 0.1) is 23.2 Å². The molecule has 166 valence electrons. The van der Waals surface area contributed by atoms with Crippen LogP contribution in [-0.2, 0) is 9.59 Å². The Balaban J connectivity index is 1.13. The van der Waals surface area contributed by atoms with Crippen molar-refractivity contribution in [1.82, 2.24) is 10.2 Å². The van der Waals surface area contributed by atoms with Crippen LogP contribution < -0.4 is 10.2 Å². The lowest BCUT2D eigenvalue weighted by Gasteiger charge is -2.57. The summed E-state index contributed by atoms with van der Waals surface area (Å²) in [6.07, 6.45) is 9.48. The van der Waals surface area contributed by atoms with Crippen LogP contribution in [0.3, 0.4) is 0 Å². The van der Waals surface area contributed by atoms with Gasteiger partial charge in [0.25, 0.3) is 5.91 Å². The number of nitrogens with one attached hydrogen (secondary N) is 1. The molecule has 6 heteroatoms. The third-order valence-electron chi connectivity index (χ3n) is 8.08. The molecule has 0 radical (unpaired) electrons. The summed E-state index contributed by atoms with van der Waals surface area (Å²) in [4.78, 5) is 40.7. The second kappa shape index (κ2) is 7.95. The highest BCUT2D eigenvalue weighted by Crippen LogP contribution is 2.60. The van der Waals surface area contributed by atoms with Crippen molar-refractivity contribution in [1.29, 1.82) is 0 Å². The van der Waals surface area contributed by atoms with Gasteiger partial charge < -0.3 is 15.1 Å². The first-order valence-electron chi connectivity index (χ1n) is 11.8. The monoisotopic (exact) mass is 423 g/mol. The summed E-state index contributed by atoms with van der Waals surface area (Å²) < 4.78 is 0. The van der Waals surface area contributed by atoms with E-state index in [0.717, 1.165) is 43.0 Å². The highest BCUT2D eigenvalue weighted by atomic mass is 16.2. The van der Waals surface area contributed by atoms with E-state index in [1.165, 1.54) is 38.5 Å². The van der Waals surface area contributed by atoms with Gasteiger partial charge in [-0.15, -0.1) is 0 Å². The molecule has 1 N–H and O–H groups in total. The third kappa shape index (κ3) is 4.09. The van der Waals surface area contributed by atoms with Gasteiger partial charge in [0.1, 0.15) is 0 Å². The smallest absolute Gasteiger partial charge is 0.251 e. The molecule has 4 aliphatic carbocycles. The highest BCUT2D eigenvalue weighted by Gasteiger charge is 2.51. The predicted molar refractivity (Wildman–Crippen MR) is 119 cm³/mol. The average molecular weight is 424 g/mol. The lowest BCUT2D eigenvalue weighted by molar-refractivity contribution is -0.134. The minimum atomic E-state index is -0.254. The summed E-state index contributed by atoms with van der Waals surface area (Å²) >= 11 is 0. The number of anilines is 1. The SMILES string of the molecule is CN(CC12CC3CC(CC(C3)C1)C2)C(=O)CNC(=O)c1ccc(N2CCCC2=O)cc1. The molecule has 6 rings (SSSR count). The van der Waals surface area contributed by atoms with Crippen LogP contribution in [0.2, 0.25) is 0 Å². The van der Waals surface area contributed by atoms with Crippen LogP contribution in [0.5, 0.6) is 0 Å². The molecule has 1 aromatic carbocycles. The van der Waals surface area contributed by atoms with Crippen molar-refractivity contribution in [2.45, 2.75) is 51.4 Å². The Kier molecular flexibility index (Phi) is 5.27. The van der Waals surface area contributed by atoms with Gasteiger partial charge in [0.2, 0.25) is 11.8 Å². The standard InChI is InChI=1S/C25H33N3O3/c1-27(16-25-12-17-9-18(13-25)11-19(10-17)14-25)23(30)15-26-24(31)20-4-6-21(7-5-20)28-8-2-3-22(28)29/h4-7,17-19H,2-3,8-16H2,1H3,(H,26,31). The molecular weight excluding hydrogens is 390 g/mol. The summed E-state index contributed by atoms with van der Waals surface area (Å²) in [5.74, 6) is 2.46. The van der Waals surface area contributed by atoms with Gasteiger partial charge in [-0.3, -0.25) is 14.4 Å². The maximum atomic E-state index is 12.7. The zero-order valence-electron chi connectivity index (χ0n) is 18.4. The number of likely N-dealkylation sites (N-methyl/N-ethyl adjacent to an activating group) is 1. The van der Waals surface area contributed by atoms with E-state index in [-0.39, 0.29) is 24.3 Å². The second-order valence-corrected chi connectivity index (χ2v) is 10.5. The van der Waals surface area contributed by atoms with E-state index >= 15 is 0 Å². The molecule has 4 bridgehead atoms. The third-order valence-corrected chi connectivity index (χ3v) is 8.08. The molecule has 31 heavy (non-hydrogen) atoms. The van der Waals surface area contributed by atoms with Crippen molar-refractivity contribution >= 4 is 23.4 Å². The van der Waals surface area contributed by atoms with E-state index in [0.29, 0.717) is 17.4 Å². The quantitative estimate of drug-likeness (QED) is 0.764. The lowest BCUT2D eigenvalue weighted by Crippen LogP contribution is -2.52. The fraction of sp³-hybridized carbons (Fsp3) is 0.640. The number of benzene rings is 1. The van der Waals surface area contributed by atoms with Crippen LogP contribution in [0.25, 0.3) is 0 Å². The second-order valence-electron chi connectivity index (χ2n) is 10.5. The molecule has 1 aliphatic heterocycles. The summed E-state index contributed by atoms with van der Waals surface area (Å²) in [7, 11) is 1.88. The van der Waals surface area contributed by atoms with Crippen molar-refractivity contribution in [3.8, 4) is 0 Å². The molecule has 1 aromatic rings. The minimum absolute atomic E-state index is 0.0219. The molecule has 3 amide bonds. The van der Waals surface area contributed by atoms with E-state index < -0.39 is 0 Å². The first-order valence-corrected chi connectivity index (χ1v) is 11.8. The van der Waals surface area contributed by atoms with Crippen LogP contribution in [0.4, 0.5) is 5.69 Å². The number of amides is 3. The average Bonchev–Trinajstić information content (AvgIpc) is 3.16. The molecule has 6 nitrogen and oxygen atoms in total. The van der Waals surface area contributed by atoms with Gasteiger partial charge >= 0.3 is 0 Å². The molecule has 4 saturated carbocycles. The number of carbonyl (C=O) groups excluding carboxylic acids is 3. The molecular formula is C25H33N3O3. The molecule has 0 aromatic heterocycles. The van der Waals surface area contributed by atoms with Crippen molar-refractivity contribution in [2.24, 2.45) is 23.2 Å². The first-order chi connectivity index (χ1) is 14.9. The Hall–Kier alpha value is -2.37. The molecule has 0 unspecified atom stereocenters. The Bertz CT molecular complexity index is 843. The highest BCUT2D eigenvalue weighted by molar-refractivity contribution is 5.98. The van der Waals surface area contributed by atoms with Crippen LogP contribution in [-0.4, -0.2) is 49.3 Å². The first kappa shape index (κ1) is 20.5. The molecule has 5 aliphatic rings. The Labute approximate surface area is 184 Å². The van der Waals surface area contributed by atoms with Gasteiger partial charge in [-0.2, -0.15) is 0 Å². The topological polar surface area (TPSA) is 69.7 Å². The Morgan fingerprint density at radius 2 is 1.68 bits per heavy atom. The van der Waals surface area contributed by atoms with Gasteiger partial charge in [0.15, 0.2) is 0 Å². The Morgan fingerprint density at radius 3 is 2.23 bits per heavy atom. The predicted octanol–water partition coefficient (Wildman–Crippen LogP) is 3.22. The number of hydrogen-bond acceptors (Lipinski definition) is 3. The number of hydrogen-bond donors (Lipinski definition) is 1. The molecule has 1 heterocycles. The summed E-state index contributed by atoms with van der Waals surface area (Å²) in [6, 6.07) is 7.05. The molecule has 0 atom stereocenters. The van der Waals surface area contributed by atoms with E-state index in [4.69, 9.17) is 0 Å². The number of carbonyl (C=O) groups is 3. The van der Waals surface area contributed by atoms with Gasteiger partial charge in [0.05, 0.1) is 6.54 Å². The lowest BCUT2D eigenvalue weighted by atomic mass is 9.49. The zero-order valence-corrected chi connectivity index (χ0v) is 18.4. The van der Waals surface area contributed by atoms with Crippen molar-refractivity contribution < 1.29 is 14.4 Å². The van der Waals surface area contributed by atoms with Gasteiger partial charge in [0, 0.05) is 37.8 Å². The normalized spacial score (nSPS) is 31.2. The fourth-order valence-corrected chi connectivity index (χ4v) is 7.18. The Morgan fingerprint density at radius 1 is 1.06 bits per heavy atom. The fourth-order valence-electron chi connectivity index (χ4n) is 7.18. The minimum Gasteiger partial charge on any atom is -0.344 e. The van der Waals surface area contributed by atoms with Crippen molar-refractivity contribution in [3.05, 3.63) is 29.8 Å². The van der Waals surface area contributed by atoms with Gasteiger partial charge in [-0.25, -0.2) is 0 Å². The van der Waals surface area contributed by atoms with E-state index in [9.17, 15) is 14.4 Å².